The second-order valence-electron chi connectivity index (χ2n) is 4.03. The highest BCUT2D eigenvalue weighted by atomic mass is 16.5. The van der Waals surface area contributed by atoms with Crippen molar-refractivity contribution in [1.29, 1.82) is 0 Å². The molecule has 1 unspecified atom stereocenters. The van der Waals surface area contributed by atoms with Gasteiger partial charge in [-0.2, -0.15) is 0 Å². The zero-order valence-electron chi connectivity index (χ0n) is 8.93. The molecule has 0 amide bonds. The average molecular weight is 206 g/mol. The molecule has 0 radical (unpaired) electrons. The van der Waals surface area contributed by atoms with E-state index in [0.29, 0.717) is 12.6 Å². The van der Waals surface area contributed by atoms with E-state index < -0.39 is 0 Å². The molecule has 82 valence electrons. The predicted octanol–water partition coefficient (Wildman–Crippen LogP) is 1.54. The number of rotatable bonds is 4. The summed E-state index contributed by atoms with van der Waals surface area (Å²) in [4.78, 5) is 0. The molecule has 1 aromatic rings. The van der Waals surface area contributed by atoms with Crippen molar-refractivity contribution in [1.82, 2.24) is 5.01 Å². The number of nitrogens with two attached hydrogens (primary N) is 1. The van der Waals surface area contributed by atoms with Crippen molar-refractivity contribution in [3.8, 4) is 0 Å². The number of hydrazine groups is 1. The normalized spacial score (nSPS) is 22.1. The molecule has 1 aliphatic rings. The predicted molar refractivity (Wildman–Crippen MR) is 60.0 cm³/mol. The first-order valence-electron chi connectivity index (χ1n) is 5.49. The molecule has 0 bridgehead atoms. The molecule has 1 aromatic carbocycles. The summed E-state index contributed by atoms with van der Waals surface area (Å²) in [7, 11) is 0. The number of nitrogens with zero attached hydrogens (tertiary/aromatic N) is 1. The van der Waals surface area contributed by atoms with Gasteiger partial charge in [0.2, 0.25) is 0 Å². The van der Waals surface area contributed by atoms with Crippen molar-refractivity contribution in [3.05, 3.63) is 35.9 Å². The maximum Gasteiger partial charge on any atom is 0.0717 e. The maximum atomic E-state index is 5.81. The van der Waals surface area contributed by atoms with Crippen LogP contribution in [0.1, 0.15) is 18.4 Å². The van der Waals surface area contributed by atoms with Crippen molar-refractivity contribution in [2.45, 2.75) is 25.5 Å². The lowest BCUT2D eigenvalue weighted by Gasteiger charge is -2.18. The van der Waals surface area contributed by atoms with Gasteiger partial charge in [0.25, 0.3) is 0 Å². The fraction of sp³-hybridized carbons (Fsp3) is 0.500. The van der Waals surface area contributed by atoms with Gasteiger partial charge < -0.3 is 4.74 Å². The molecule has 3 heteroatoms. The van der Waals surface area contributed by atoms with Gasteiger partial charge in [0.05, 0.1) is 13.2 Å². The Kier molecular flexibility index (Phi) is 3.72. The molecular weight excluding hydrogens is 188 g/mol. The molecule has 1 fully saturated rings. The largest absolute Gasteiger partial charge is 0.375 e. The molecule has 0 saturated carbocycles. The Bertz CT molecular complexity index is 289. The van der Waals surface area contributed by atoms with Crippen molar-refractivity contribution in [2.24, 2.45) is 5.84 Å². The number of benzene rings is 1. The first-order valence-corrected chi connectivity index (χ1v) is 5.49. The van der Waals surface area contributed by atoms with Crippen LogP contribution in [0.5, 0.6) is 0 Å². The fourth-order valence-electron chi connectivity index (χ4n) is 1.92. The van der Waals surface area contributed by atoms with Crippen molar-refractivity contribution in [2.75, 3.05) is 13.2 Å². The van der Waals surface area contributed by atoms with E-state index in [2.05, 4.69) is 12.1 Å². The molecule has 0 aromatic heterocycles. The molecule has 1 atom stereocenters. The van der Waals surface area contributed by atoms with E-state index in [-0.39, 0.29) is 0 Å². The first-order chi connectivity index (χ1) is 7.36. The molecule has 2 rings (SSSR count). The van der Waals surface area contributed by atoms with Crippen LogP contribution in [0.3, 0.4) is 0 Å². The molecule has 1 heterocycles. The molecule has 1 saturated heterocycles. The van der Waals surface area contributed by atoms with E-state index in [1.807, 2.05) is 23.2 Å². The molecule has 2 N–H and O–H groups in total. The van der Waals surface area contributed by atoms with Crippen LogP contribution >= 0.6 is 0 Å². The van der Waals surface area contributed by atoms with Gasteiger partial charge in [-0.05, 0) is 18.4 Å². The summed E-state index contributed by atoms with van der Waals surface area (Å²) in [5.41, 5.74) is 1.22. The van der Waals surface area contributed by atoms with Gasteiger partial charge in [-0.1, -0.05) is 30.3 Å². The van der Waals surface area contributed by atoms with E-state index in [4.69, 9.17) is 10.6 Å². The van der Waals surface area contributed by atoms with Gasteiger partial charge in [0, 0.05) is 12.6 Å². The highest BCUT2D eigenvalue weighted by Crippen LogP contribution is 2.13. The quantitative estimate of drug-likeness (QED) is 0.759. The smallest absolute Gasteiger partial charge is 0.0717 e. The highest BCUT2D eigenvalue weighted by Gasteiger charge is 2.21. The summed E-state index contributed by atoms with van der Waals surface area (Å²) in [6.07, 6.45) is 2.35. The summed E-state index contributed by atoms with van der Waals surface area (Å²) in [6.45, 7) is 2.43. The van der Waals surface area contributed by atoms with E-state index >= 15 is 0 Å². The van der Waals surface area contributed by atoms with Gasteiger partial charge in [-0.25, -0.2) is 5.01 Å². The van der Waals surface area contributed by atoms with Gasteiger partial charge in [-0.15, -0.1) is 0 Å². The lowest BCUT2D eigenvalue weighted by Crippen LogP contribution is -2.38. The third kappa shape index (κ3) is 3.02. The third-order valence-corrected chi connectivity index (χ3v) is 2.84. The van der Waals surface area contributed by atoms with Crippen molar-refractivity contribution in [3.63, 3.8) is 0 Å². The average Bonchev–Trinajstić information content (AvgIpc) is 2.66. The number of ether oxygens (including phenoxy) is 1. The molecular formula is C12H18N2O. The van der Waals surface area contributed by atoms with Gasteiger partial charge in [0.1, 0.15) is 0 Å². The minimum absolute atomic E-state index is 0.411. The standard InChI is InChI=1S/C12H18N2O/c13-14-8-4-7-12(14)10-15-9-11-5-2-1-3-6-11/h1-3,5-6,12H,4,7-10,13H2. The monoisotopic (exact) mass is 206 g/mol. The highest BCUT2D eigenvalue weighted by molar-refractivity contribution is 5.13. The van der Waals surface area contributed by atoms with E-state index in [0.717, 1.165) is 19.6 Å². The first kappa shape index (κ1) is 10.6. The van der Waals surface area contributed by atoms with Gasteiger partial charge >= 0.3 is 0 Å². The lowest BCUT2D eigenvalue weighted by molar-refractivity contribution is 0.0669. The van der Waals surface area contributed by atoms with Gasteiger partial charge in [-0.3, -0.25) is 5.84 Å². The van der Waals surface area contributed by atoms with Crippen LogP contribution in [0.2, 0.25) is 0 Å². The van der Waals surface area contributed by atoms with Crippen LogP contribution < -0.4 is 5.84 Å². The maximum absolute atomic E-state index is 5.81. The summed E-state index contributed by atoms with van der Waals surface area (Å²) in [5, 5.41) is 1.89. The lowest BCUT2D eigenvalue weighted by atomic mass is 10.2. The summed E-state index contributed by atoms with van der Waals surface area (Å²) >= 11 is 0. The van der Waals surface area contributed by atoms with Crippen LogP contribution in [0, 0.1) is 0 Å². The molecule has 15 heavy (non-hydrogen) atoms. The van der Waals surface area contributed by atoms with E-state index in [1.54, 1.807) is 0 Å². The Hall–Kier alpha value is -0.900. The van der Waals surface area contributed by atoms with Crippen LogP contribution in [-0.4, -0.2) is 24.2 Å². The van der Waals surface area contributed by atoms with Crippen LogP contribution in [0.15, 0.2) is 30.3 Å². The molecule has 0 aliphatic carbocycles. The summed E-state index contributed by atoms with van der Waals surface area (Å²) < 4.78 is 5.65. The fourth-order valence-corrected chi connectivity index (χ4v) is 1.92. The zero-order valence-corrected chi connectivity index (χ0v) is 8.93. The molecule has 0 spiro atoms. The summed E-state index contributed by atoms with van der Waals surface area (Å²) in [6, 6.07) is 10.6. The second-order valence-corrected chi connectivity index (χ2v) is 4.03. The van der Waals surface area contributed by atoms with Crippen LogP contribution in [0.4, 0.5) is 0 Å². The van der Waals surface area contributed by atoms with Crippen LogP contribution in [0.25, 0.3) is 0 Å². The molecule has 1 aliphatic heterocycles. The minimum atomic E-state index is 0.411. The van der Waals surface area contributed by atoms with Crippen LogP contribution in [-0.2, 0) is 11.3 Å². The molecule has 3 nitrogen and oxygen atoms in total. The second kappa shape index (κ2) is 5.26. The minimum Gasteiger partial charge on any atom is -0.375 e. The Morgan fingerprint density at radius 3 is 2.80 bits per heavy atom. The Balaban J connectivity index is 1.71. The Morgan fingerprint density at radius 2 is 2.13 bits per heavy atom. The van der Waals surface area contributed by atoms with Crippen molar-refractivity contribution < 1.29 is 4.74 Å². The number of hydrogen-bond donors (Lipinski definition) is 1. The number of hydrogen-bond acceptors (Lipinski definition) is 3. The topological polar surface area (TPSA) is 38.5 Å². The van der Waals surface area contributed by atoms with Gasteiger partial charge in [0.15, 0.2) is 0 Å². The van der Waals surface area contributed by atoms with E-state index in [1.165, 1.54) is 12.0 Å². The Morgan fingerprint density at radius 1 is 1.33 bits per heavy atom. The van der Waals surface area contributed by atoms with Crippen molar-refractivity contribution >= 4 is 0 Å². The Labute approximate surface area is 90.8 Å². The SMILES string of the molecule is NN1CCCC1COCc1ccccc1. The zero-order chi connectivity index (χ0) is 10.5. The van der Waals surface area contributed by atoms with E-state index in [9.17, 15) is 0 Å². The third-order valence-electron chi connectivity index (χ3n) is 2.84. The summed E-state index contributed by atoms with van der Waals surface area (Å²) in [5.74, 6) is 5.81.